The first-order valence-corrected chi connectivity index (χ1v) is 14.9. The van der Waals surface area contributed by atoms with E-state index in [1.165, 1.54) is 55.7 Å². The van der Waals surface area contributed by atoms with Crippen molar-refractivity contribution in [1.29, 1.82) is 0 Å². The van der Waals surface area contributed by atoms with Crippen LogP contribution in [-0.4, -0.2) is 6.71 Å². The van der Waals surface area contributed by atoms with Crippen LogP contribution >= 0.6 is 0 Å². The highest BCUT2D eigenvalue weighted by molar-refractivity contribution is 6.98. The average Bonchev–Trinajstić information content (AvgIpc) is 2.95. The Kier molecular flexibility index (Phi) is 4.04. The summed E-state index contributed by atoms with van der Waals surface area (Å²) in [4.78, 5) is 2.40. The van der Waals surface area contributed by atoms with Gasteiger partial charge < -0.3 is 14.4 Å². The second-order valence-electron chi connectivity index (χ2n) is 12.8. The number of hydrogen-bond donors (Lipinski definition) is 0. The van der Waals surface area contributed by atoms with Crippen LogP contribution < -0.4 is 30.8 Å². The maximum atomic E-state index is 6.82. The van der Waals surface area contributed by atoms with Gasteiger partial charge in [0.15, 0.2) is 0 Å². The van der Waals surface area contributed by atoms with Crippen LogP contribution in [0.25, 0.3) is 0 Å². The van der Waals surface area contributed by atoms with Crippen molar-refractivity contribution in [2.45, 2.75) is 44.9 Å². The van der Waals surface area contributed by atoms with Crippen molar-refractivity contribution in [1.82, 2.24) is 0 Å². The maximum absolute atomic E-state index is 6.82. The third kappa shape index (κ3) is 2.80. The summed E-state index contributed by atoms with van der Waals surface area (Å²) in [6.07, 6.45) is 4.59. The van der Waals surface area contributed by atoms with Crippen LogP contribution in [0.2, 0.25) is 0 Å². The standard InChI is InChI=1S/C37H28BNO2/c1-37(2)26-7-3-5-9-30(26)39(31-10-6-4-8-27(31)37)25-19-34-36-35(20-25)41-33-18-24-14-12-22(24)16-29(33)38(36)28-15-21-11-13-23(21)17-32(28)40-34/h3-10,15-20H,11-14H2,1-2H3. The molecule has 5 aliphatic rings. The van der Waals surface area contributed by atoms with Gasteiger partial charge in [-0.3, -0.25) is 0 Å². The fourth-order valence-electron chi connectivity index (χ4n) is 7.95. The molecule has 41 heavy (non-hydrogen) atoms. The van der Waals surface area contributed by atoms with Crippen molar-refractivity contribution in [3.05, 3.63) is 118 Å². The van der Waals surface area contributed by atoms with E-state index in [1.54, 1.807) is 0 Å². The SMILES string of the molecule is CC1(C)c2ccccc2N(c2cc3c4c(c2)Oc2cc5c(cc2B4c2cc4c(cc2O3)CC4)CC5)c2ccccc21. The molecular weight excluding hydrogens is 501 g/mol. The average molecular weight is 529 g/mol. The van der Waals surface area contributed by atoms with Crippen molar-refractivity contribution in [2.75, 3.05) is 4.90 Å². The number of para-hydroxylation sites is 2. The molecule has 2 aliphatic carbocycles. The Morgan fingerprint density at radius 2 is 1.05 bits per heavy atom. The summed E-state index contributed by atoms with van der Waals surface area (Å²) in [5.74, 6) is 3.81. The van der Waals surface area contributed by atoms with Crippen molar-refractivity contribution >= 4 is 40.2 Å². The second kappa shape index (κ2) is 7.44. The molecule has 0 saturated carbocycles. The molecule has 5 aromatic carbocycles. The third-order valence-corrected chi connectivity index (χ3v) is 10.3. The molecule has 0 amide bonds. The predicted molar refractivity (Wildman–Crippen MR) is 166 cm³/mol. The molecule has 0 bridgehead atoms. The number of fused-ring (bicyclic) bond motifs is 8. The molecule has 5 aromatic rings. The predicted octanol–water partition coefficient (Wildman–Crippen LogP) is 6.72. The lowest BCUT2D eigenvalue weighted by atomic mass is 9.34. The van der Waals surface area contributed by atoms with Crippen LogP contribution in [0, 0.1) is 0 Å². The van der Waals surface area contributed by atoms with Crippen LogP contribution in [-0.2, 0) is 31.1 Å². The van der Waals surface area contributed by atoms with Gasteiger partial charge in [-0.1, -0.05) is 62.4 Å². The number of hydrogen-bond acceptors (Lipinski definition) is 3. The van der Waals surface area contributed by atoms with Crippen LogP contribution in [0.3, 0.4) is 0 Å². The number of rotatable bonds is 1. The summed E-state index contributed by atoms with van der Waals surface area (Å²) in [5.41, 5.74) is 15.5. The van der Waals surface area contributed by atoms with Gasteiger partial charge >= 0.3 is 0 Å². The number of anilines is 3. The zero-order valence-corrected chi connectivity index (χ0v) is 23.3. The molecule has 0 N–H and O–H groups in total. The summed E-state index contributed by atoms with van der Waals surface area (Å²) in [6.45, 7) is 4.78. The molecule has 0 unspecified atom stereocenters. The molecule has 3 heterocycles. The lowest BCUT2D eigenvalue weighted by Crippen LogP contribution is -2.58. The highest BCUT2D eigenvalue weighted by Gasteiger charge is 2.43. The molecule has 0 atom stereocenters. The van der Waals surface area contributed by atoms with Gasteiger partial charge in [-0.15, -0.1) is 0 Å². The summed E-state index contributed by atoms with van der Waals surface area (Å²) in [5, 5.41) is 0. The maximum Gasteiger partial charge on any atom is 0.260 e. The Balaban J connectivity index is 1.23. The first-order valence-electron chi connectivity index (χ1n) is 14.9. The molecule has 196 valence electrons. The number of nitrogens with zero attached hydrogens (tertiary/aromatic N) is 1. The topological polar surface area (TPSA) is 21.7 Å². The van der Waals surface area contributed by atoms with Crippen molar-refractivity contribution in [3.63, 3.8) is 0 Å². The van der Waals surface area contributed by atoms with Gasteiger partial charge in [-0.25, -0.2) is 0 Å². The van der Waals surface area contributed by atoms with Crippen LogP contribution in [0.4, 0.5) is 17.1 Å². The van der Waals surface area contributed by atoms with E-state index in [9.17, 15) is 0 Å². The van der Waals surface area contributed by atoms with Gasteiger partial charge in [-0.05, 0) is 94.3 Å². The smallest absolute Gasteiger partial charge is 0.260 e. The Bertz CT molecular complexity index is 1870. The quantitative estimate of drug-likeness (QED) is 0.221. The van der Waals surface area contributed by atoms with Gasteiger partial charge in [-0.2, -0.15) is 0 Å². The fraction of sp³-hybridized carbons (Fsp3) is 0.189. The van der Waals surface area contributed by atoms with Gasteiger partial charge in [0.25, 0.3) is 6.71 Å². The molecule has 3 aliphatic heterocycles. The normalized spacial score (nSPS) is 17.1. The van der Waals surface area contributed by atoms with Gasteiger partial charge in [0, 0.05) is 23.0 Å². The van der Waals surface area contributed by atoms with E-state index in [-0.39, 0.29) is 12.1 Å². The van der Waals surface area contributed by atoms with Gasteiger partial charge in [0.1, 0.15) is 23.0 Å². The summed E-state index contributed by atoms with van der Waals surface area (Å²) < 4.78 is 13.6. The van der Waals surface area contributed by atoms with Crippen molar-refractivity contribution < 1.29 is 9.47 Å². The molecule has 10 rings (SSSR count). The minimum absolute atomic E-state index is 0.105. The molecule has 0 spiro atoms. The summed E-state index contributed by atoms with van der Waals surface area (Å²) in [7, 11) is 0. The zero-order valence-electron chi connectivity index (χ0n) is 23.3. The molecule has 4 heteroatoms. The molecule has 3 nitrogen and oxygen atoms in total. The van der Waals surface area contributed by atoms with Crippen LogP contribution in [0.5, 0.6) is 23.0 Å². The second-order valence-corrected chi connectivity index (χ2v) is 12.8. The van der Waals surface area contributed by atoms with E-state index in [2.05, 4.69) is 104 Å². The summed E-state index contributed by atoms with van der Waals surface area (Å²) >= 11 is 0. The molecule has 0 aromatic heterocycles. The lowest BCUT2D eigenvalue weighted by Gasteiger charge is -2.42. The number of aryl methyl sites for hydroxylation is 4. The summed E-state index contributed by atoms with van der Waals surface area (Å²) in [6, 6.07) is 31.5. The highest BCUT2D eigenvalue weighted by atomic mass is 16.5. The van der Waals surface area contributed by atoms with Crippen LogP contribution in [0.1, 0.15) is 47.2 Å². The van der Waals surface area contributed by atoms with Gasteiger partial charge in [0.05, 0.1) is 17.1 Å². The lowest BCUT2D eigenvalue weighted by molar-refractivity contribution is 0.463. The van der Waals surface area contributed by atoms with E-state index in [1.807, 2.05) is 0 Å². The van der Waals surface area contributed by atoms with Crippen molar-refractivity contribution in [3.8, 4) is 23.0 Å². The van der Waals surface area contributed by atoms with E-state index in [0.29, 0.717) is 0 Å². The molecule has 0 fully saturated rings. The third-order valence-electron chi connectivity index (χ3n) is 10.3. The zero-order chi connectivity index (χ0) is 27.0. The first-order chi connectivity index (χ1) is 20.0. The van der Waals surface area contributed by atoms with Gasteiger partial charge in [0.2, 0.25) is 0 Å². The van der Waals surface area contributed by atoms with Crippen molar-refractivity contribution in [2.24, 2.45) is 0 Å². The monoisotopic (exact) mass is 529 g/mol. The fourth-order valence-corrected chi connectivity index (χ4v) is 7.95. The van der Waals surface area contributed by atoms with E-state index < -0.39 is 0 Å². The first kappa shape index (κ1) is 22.3. The minimum atomic E-state index is -0.105. The molecule has 0 radical (unpaired) electrons. The largest absolute Gasteiger partial charge is 0.458 e. The highest BCUT2D eigenvalue weighted by Crippen LogP contribution is 2.53. The Hall–Kier alpha value is -4.44. The minimum Gasteiger partial charge on any atom is -0.458 e. The molecular formula is C37H28BNO2. The van der Waals surface area contributed by atoms with E-state index in [4.69, 9.17) is 9.47 Å². The van der Waals surface area contributed by atoms with E-state index >= 15 is 0 Å². The number of ether oxygens (including phenoxy) is 2. The Labute approximate surface area is 240 Å². The Morgan fingerprint density at radius 3 is 1.54 bits per heavy atom. The van der Waals surface area contributed by atoms with E-state index in [0.717, 1.165) is 59.8 Å². The number of benzene rings is 5. The van der Waals surface area contributed by atoms with Crippen LogP contribution in [0.15, 0.2) is 84.9 Å². The molecule has 0 saturated heterocycles. The Morgan fingerprint density at radius 1 is 0.585 bits per heavy atom.